The molecule has 0 unspecified atom stereocenters. The van der Waals surface area contributed by atoms with Crippen LogP contribution in [0.2, 0.25) is 0 Å². The molecule has 0 radical (unpaired) electrons. The molecule has 3 aromatic rings. The van der Waals surface area contributed by atoms with Crippen LogP contribution in [-0.2, 0) is 20.7 Å². The third-order valence-electron chi connectivity index (χ3n) is 7.45. The van der Waals surface area contributed by atoms with Gasteiger partial charge in [-0.2, -0.15) is 0 Å². The summed E-state index contributed by atoms with van der Waals surface area (Å²) < 4.78 is 5.04. The van der Waals surface area contributed by atoms with Crippen LogP contribution in [0.25, 0.3) is 10.8 Å². The third-order valence-corrected chi connectivity index (χ3v) is 7.45. The van der Waals surface area contributed by atoms with E-state index in [9.17, 15) is 14.4 Å². The van der Waals surface area contributed by atoms with Crippen molar-refractivity contribution in [3.8, 4) is 0 Å². The fourth-order valence-corrected chi connectivity index (χ4v) is 5.56. The summed E-state index contributed by atoms with van der Waals surface area (Å²) in [5, 5.41) is 7.71. The minimum absolute atomic E-state index is 0.0381. The van der Waals surface area contributed by atoms with Gasteiger partial charge in [-0.1, -0.05) is 61.2 Å². The summed E-state index contributed by atoms with van der Waals surface area (Å²) in [5.41, 5.74) is 5.03. The number of carbonyl (C=O) groups excluding carboxylic acids is 3. The van der Waals surface area contributed by atoms with E-state index in [0.29, 0.717) is 11.3 Å². The average Bonchev–Trinajstić information content (AvgIpc) is 2.88. The SMILES string of the molecule is COC(=O)[C@@H](NC(=O)c1cc2ccccc2cc1NC(=O)Cc1c(C)cc(C)cc1C)C1CCCCC1. The van der Waals surface area contributed by atoms with Crippen LogP contribution >= 0.6 is 0 Å². The molecule has 1 atom stereocenters. The molecule has 0 spiro atoms. The fourth-order valence-electron chi connectivity index (χ4n) is 5.56. The smallest absolute Gasteiger partial charge is 0.328 e. The van der Waals surface area contributed by atoms with Crippen LogP contribution < -0.4 is 10.6 Å². The molecule has 1 fully saturated rings. The molecule has 37 heavy (non-hydrogen) atoms. The highest BCUT2D eigenvalue weighted by Gasteiger charge is 2.32. The second-order valence-electron chi connectivity index (χ2n) is 10.2. The van der Waals surface area contributed by atoms with Crippen molar-refractivity contribution < 1.29 is 19.1 Å². The molecule has 0 heterocycles. The van der Waals surface area contributed by atoms with Gasteiger partial charge in [0.25, 0.3) is 5.91 Å². The van der Waals surface area contributed by atoms with Crippen molar-refractivity contribution in [3.63, 3.8) is 0 Å². The van der Waals surface area contributed by atoms with Crippen LogP contribution in [0, 0.1) is 26.7 Å². The Labute approximate surface area is 218 Å². The van der Waals surface area contributed by atoms with Gasteiger partial charge in [0.1, 0.15) is 6.04 Å². The van der Waals surface area contributed by atoms with Gasteiger partial charge in [0.2, 0.25) is 5.91 Å². The monoisotopic (exact) mass is 500 g/mol. The molecule has 1 saturated carbocycles. The molecule has 0 saturated heterocycles. The van der Waals surface area contributed by atoms with E-state index in [1.54, 1.807) is 6.07 Å². The minimum atomic E-state index is -0.717. The quantitative estimate of drug-likeness (QED) is 0.402. The summed E-state index contributed by atoms with van der Waals surface area (Å²) in [5.74, 6) is -0.992. The maximum Gasteiger partial charge on any atom is 0.328 e. The van der Waals surface area contributed by atoms with Gasteiger partial charge in [0.05, 0.1) is 24.8 Å². The number of hydrogen-bond acceptors (Lipinski definition) is 4. The van der Waals surface area contributed by atoms with Crippen molar-refractivity contribution in [2.45, 2.75) is 65.3 Å². The number of fused-ring (bicyclic) bond motifs is 1. The number of amides is 2. The lowest BCUT2D eigenvalue weighted by Crippen LogP contribution is -2.47. The predicted molar refractivity (Wildman–Crippen MR) is 147 cm³/mol. The Morgan fingerprint density at radius 3 is 2.16 bits per heavy atom. The van der Waals surface area contributed by atoms with Crippen molar-refractivity contribution in [3.05, 3.63) is 76.3 Å². The highest BCUT2D eigenvalue weighted by Crippen LogP contribution is 2.29. The van der Waals surface area contributed by atoms with Gasteiger partial charge in [-0.15, -0.1) is 0 Å². The molecule has 6 nitrogen and oxygen atoms in total. The second kappa shape index (κ2) is 11.6. The first-order chi connectivity index (χ1) is 17.8. The lowest BCUT2D eigenvalue weighted by Gasteiger charge is -2.29. The van der Waals surface area contributed by atoms with Crippen LogP contribution in [0.1, 0.15) is 64.7 Å². The summed E-state index contributed by atoms with van der Waals surface area (Å²) >= 11 is 0. The molecule has 0 aromatic heterocycles. The van der Waals surface area contributed by atoms with E-state index >= 15 is 0 Å². The van der Waals surface area contributed by atoms with Crippen molar-refractivity contribution in [2.24, 2.45) is 5.92 Å². The molecule has 2 amide bonds. The maximum atomic E-state index is 13.6. The molecular weight excluding hydrogens is 464 g/mol. The Kier molecular flexibility index (Phi) is 8.27. The molecule has 0 bridgehead atoms. The van der Waals surface area contributed by atoms with E-state index in [0.717, 1.165) is 65.1 Å². The summed E-state index contributed by atoms with van der Waals surface area (Å²) in [6, 6.07) is 14.7. The lowest BCUT2D eigenvalue weighted by molar-refractivity contribution is -0.144. The Hall–Kier alpha value is -3.67. The number of esters is 1. The predicted octanol–water partition coefficient (Wildman–Crippen LogP) is 5.80. The van der Waals surface area contributed by atoms with E-state index in [-0.39, 0.29) is 18.2 Å². The Morgan fingerprint density at radius 2 is 1.54 bits per heavy atom. The van der Waals surface area contributed by atoms with Crippen LogP contribution in [-0.4, -0.2) is 30.9 Å². The number of nitrogens with one attached hydrogen (secondary N) is 2. The number of ether oxygens (including phenoxy) is 1. The van der Waals surface area contributed by atoms with Gasteiger partial charge in [-0.25, -0.2) is 4.79 Å². The highest BCUT2D eigenvalue weighted by molar-refractivity contribution is 6.08. The number of methoxy groups -OCH3 is 1. The van der Waals surface area contributed by atoms with Gasteiger partial charge in [0.15, 0.2) is 0 Å². The van der Waals surface area contributed by atoms with Crippen LogP contribution in [0.4, 0.5) is 5.69 Å². The molecule has 1 aliphatic carbocycles. The van der Waals surface area contributed by atoms with Gasteiger partial charge >= 0.3 is 5.97 Å². The van der Waals surface area contributed by atoms with Gasteiger partial charge in [0, 0.05) is 0 Å². The normalized spacial score (nSPS) is 14.7. The summed E-state index contributed by atoms with van der Waals surface area (Å²) in [6.07, 6.45) is 5.15. The number of benzene rings is 3. The number of hydrogen-bond donors (Lipinski definition) is 2. The van der Waals surface area contributed by atoms with Crippen molar-refractivity contribution in [2.75, 3.05) is 12.4 Å². The number of rotatable bonds is 7. The Bertz CT molecular complexity index is 1300. The van der Waals surface area contributed by atoms with Crippen molar-refractivity contribution in [1.82, 2.24) is 5.32 Å². The second-order valence-corrected chi connectivity index (χ2v) is 10.2. The van der Waals surface area contributed by atoms with E-state index in [4.69, 9.17) is 4.74 Å². The van der Waals surface area contributed by atoms with Crippen LogP contribution in [0.5, 0.6) is 0 Å². The molecule has 2 N–H and O–H groups in total. The van der Waals surface area contributed by atoms with E-state index in [1.807, 2.05) is 51.1 Å². The van der Waals surface area contributed by atoms with Crippen LogP contribution in [0.3, 0.4) is 0 Å². The zero-order valence-electron chi connectivity index (χ0n) is 22.1. The first kappa shape index (κ1) is 26.4. The van der Waals surface area contributed by atoms with Crippen molar-refractivity contribution >= 4 is 34.2 Å². The zero-order chi connectivity index (χ0) is 26.5. The van der Waals surface area contributed by atoms with Crippen LogP contribution in [0.15, 0.2) is 48.5 Å². The molecule has 3 aromatic carbocycles. The first-order valence-corrected chi connectivity index (χ1v) is 13.0. The summed E-state index contributed by atoms with van der Waals surface area (Å²) in [6.45, 7) is 6.06. The van der Waals surface area contributed by atoms with Gasteiger partial charge < -0.3 is 15.4 Å². The summed E-state index contributed by atoms with van der Waals surface area (Å²) in [4.78, 5) is 39.4. The Morgan fingerprint density at radius 1 is 0.919 bits per heavy atom. The lowest BCUT2D eigenvalue weighted by atomic mass is 9.83. The average molecular weight is 501 g/mol. The number of anilines is 1. The van der Waals surface area contributed by atoms with E-state index in [1.165, 1.54) is 7.11 Å². The van der Waals surface area contributed by atoms with E-state index < -0.39 is 17.9 Å². The third kappa shape index (κ3) is 6.19. The van der Waals surface area contributed by atoms with Gasteiger partial charge in [-0.3, -0.25) is 9.59 Å². The number of aryl methyl sites for hydroxylation is 3. The highest BCUT2D eigenvalue weighted by atomic mass is 16.5. The van der Waals surface area contributed by atoms with E-state index in [2.05, 4.69) is 22.8 Å². The molecular formula is C31H36N2O4. The number of carbonyl (C=O) groups is 3. The molecule has 4 rings (SSSR count). The van der Waals surface area contributed by atoms with Gasteiger partial charge in [-0.05, 0) is 79.1 Å². The fraction of sp³-hybridized carbons (Fsp3) is 0.387. The standard InChI is InChI=1S/C31H36N2O4/c1-19-14-20(2)25(21(3)15-19)18-28(34)32-27-17-24-13-9-8-12-23(24)16-26(27)30(35)33-29(31(36)37-4)22-10-6-5-7-11-22/h8-9,12-17,22,29H,5-7,10-11,18H2,1-4H3,(H,32,34)(H,33,35)/t29-/m0/s1. The molecule has 0 aliphatic heterocycles. The van der Waals surface area contributed by atoms with Crippen molar-refractivity contribution in [1.29, 1.82) is 0 Å². The Balaban J connectivity index is 1.63. The molecule has 6 heteroatoms. The topological polar surface area (TPSA) is 84.5 Å². The molecule has 1 aliphatic rings. The zero-order valence-corrected chi connectivity index (χ0v) is 22.1. The molecule has 194 valence electrons. The largest absolute Gasteiger partial charge is 0.467 e. The minimum Gasteiger partial charge on any atom is -0.467 e. The summed E-state index contributed by atoms with van der Waals surface area (Å²) in [7, 11) is 1.35. The maximum absolute atomic E-state index is 13.6. The first-order valence-electron chi connectivity index (χ1n) is 13.0.